The second-order valence-electron chi connectivity index (χ2n) is 6.11. The molecule has 2 fully saturated rings. The van der Waals surface area contributed by atoms with Crippen molar-refractivity contribution in [2.24, 2.45) is 0 Å². The molecule has 2 aliphatic heterocycles. The molecule has 0 radical (unpaired) electrons. The summed E-state index contributed by atoms with van der Waals surface area (Å²) in [7, 11) is -1.20. The van der Waals surface area contributed by atoms with Crippen LogP contribution < -0.4 is 5.32 Å². The Kier molecular flexibility index (Phi) is 5.62. The number of rotatable bonds is 5. The summed E-state index contributed by atoms with van der Waals surface area (Å²) in [5.41, 5.74) is 0. The fourth-order valence-corrected chi connectivity index (χ4v) is 5.02. The molecule has 7 heteroatoms. The molecule has 122 valence electrons. The van der Waals surface area contributed by atoms with Gasteiger partial charge in [-0.05, 0) is 38.9 Å². The first-order valence-corrected chi connectivity index (χ1v) is 9.66. The molecule has 1 N–H and O–H groups in total. The molecule has 0 aromatic heterocycles. The molecule has 1 atom stereocenters. The maximum atomic E-state index is 12.4. The van der Waals surface area contributed by atoms with Crippen molar-refractivity contribution in [3.05, 3.63) is 0 Å². The lowest BCUT2D eigenvalue weighted by molar-refractivity contribution is -0.133. The van der Waals surface area contributed by atoms with Gasteiger partial charge in [-0.1, -0.05) is 6.92 Å². The first-order valence-electron chi connectivity index (χ1n) is 7.84. The molecule has 2 saturated heterocycles. The highest BCUT2D eigenvalue weighted by atomic mass is 32.2. The van der Waals surface area contributed by atoms with E-state index in [0.29, 0.717) is 19.0 Å². The summed E-state index contributed by atoms with van der Waals surface area (Å²) < 4.78 is 23.1. The normalized spacial score (nSPS) is 26.1. The molecule has 0 aromatic rings. The van der Waals surface area contributed by atoms with Crippen LogP contribution in [0.5, 0.6) is 0 Å². The van der Waals surface area contributed by atoms with Crippen LogP contribution >= 0.6 is 0 Å². The van der Waals surface area contributed by atoms with E-state index in [1.165, 1.54) is 0 Å². The Hall–Kier alpha value is -0.660. The predicted molar refractivity (Wildman–Crippen MR) is 83.0 cm³/mol. The van der Waals surface area contributed by atoms with Gasteiger partial charge < -0.3 is 10.2 Å². The van der Waals surface area contributed by atoms with Gasteiger partial charge in [-0.2, -0.15) is 0 Å². The number of piperidine rings is 1. The Bertz CT molecular complexity index is 460. The van der Waals surface area contributed by atoms with E-state index < -0.39 is 9.84 Å². The maximum absolute atomic E-state index is 12.4. The summed E-state index contributed by atoms with van der Waals surface area (Å²) in [6, 6.07) is 0.315. The average Bonchev–Trinajstić information content (AvgIpc) is 2.84. The minimum atomic E-state index is -2.94. The highest BCUT2D eigenvalue weighted by molar-refractivity contribution is 7.91. The number of likely N-dealkylation sites (N-methyl/N-ethyl adjacent to an activating group) is 2. The van der Waals surface area contributed by atoms with Crippen molar-refractivity contribution in [2.45, 2.75) is 38.3 Å². The molecule has 2 aliphatic rings. The minimum absolute atomic E-state index is 0.0393. The lowest BCUT2D eigenvalue weighted by atomic mass is 10.0. The van der Waals surface area contributed by atoms with E-state index in [0.717, 1.165) is 32.5 Å². The van der Waals surface area contributed by atoms with Crippen LogP contribution in [-0.4, -0.2) is 80.9 Å². The highest BCUT2D eigenvalue weighted by Crippen LogP contribution is 2.18. The Morgan fingerprint density at radius 1 is 1.19 bits per heavy atom. The number of carbonyl (C=O) groups is 1. The number of hydrogen-bond donors (Lipinski definition) is 1. The lowest BCUT2D eigenvalue weighted by Crippen LogP contribution is -2.49. The average molecular weight is 317 g/mol. The lowest BCUT2D eigenvalue weighted by Gasteiger charge is -2.35. The topological polar surface area (TPSA) is 69.7 Å². The summed E-state index contributed by atoms with van der Waals surface area (Å²) in [4.78, 5) is 16.3. The van der Waals surface area contributed by atoms with Gasteiger partial charge in [0.25, 0.3) is 0 Å². The third-order valence-corrected chi connectivity index (χ3v) is 6.47. The summed E-state index contributed by atoms with van der Waals surface area (Å²) in [6.07, 6.45) is 2.72. The number of amides is 1. The second kappa shape index (κ2) is 7.07. The summed E-state index contributed by atoms with van der Waals surface area (Å²) in [5.74, 6) is 0.368. The quantitative estimate of drug-likeness (QED) is 0.754. The molecular formula is C14H27N3O3S. The molecule has 1 amide bonds. The van der Waals surface area contributed by atoms with Crippen molar-refractivity contribution in [3.63, 3.8) is 0 Å². The van der Waals surface area contributed by atoms with Gasteiger partial charge >= 0.3 is 0 Å². The van der Waals surface area contributed by atoms with Crippen LogP contribution in [0.25, 0.3) is 0 Å². The van der Waals surface area contributed by atoms with Crippen molar-refractivity contribution < 1.29 is 13.2 Å². The summed E-state index contributed by atoms with van der Waals surface area (Å²) in [5, 5.41) is 3.33. The van der Waals surface area contributed by atoms with E-state index in [1.807, 2.05) is 0 Å². The number of nitrogens with zero attached hydrogens (tertiary/aromatic N) is 2. The van der Waals surface area contributed by atoms with E-state index in [9.17, 15) is 13.2 Å². The number of sulfone groups is 1. The van der Waals surface area contributed by atoms with Crippen LogP contribution in [0.4, 0.5) is 0 Å². The van der Waals surface area contributed by atoms with Crippen molar-refractivity contribution in [1.29, 1.82) is 0 Å². The van der Waals surface area contributed by atoms with Crippen LogP contribution in [0.2, 0.25) is 0 Å². The largest absolute Gasteiger partial charge is 0.341 e. The van der Waals surface area contributed by atoms with Gasteiger partial charge in [0, 0.05) is 19.1 Å². The number of nitrogens with one attached hydrogen (secondary N) is 1. The van der Waals surface area contributed by atoms with E-state index >= 15 is 0 Å². The van der Waals surface area contributed by atoms with Gasteiger partial charge in [0.2, 0.25) is 5.91 Å². The molecule has 2 rings (SSSR count). The van der Waals surface area contributed by atoms with E-state index in [2.05, 4.69) is 17.1 Å². The van der Waals surface area contributed by atoms with E-state index in [4.69, 9.17) is 0 Å². The Balaban J connectivity index is 1.89. The first kappa shape index (κ1) is 16.7. The van der Waals surface area contributed by atoms with Gasteiger partial charge in [0.15, 0.2) is 9.84 Å². The molecule has 0 bridgehead atoms. The van der Waals surface area contributed by atoms with E-state index in [1.54, 1.807) is 11.9 Å². The molecule has 0 saturated carbocycles. The molecule has 21 heavy (non-hydrogen) atoms. The second-order valence-corrected chi connectivity index (χ2v) is 8.33. The fourth-order valence-electron chi connectivity index (χ4n) is 3.24. The van der Waals surface area contributed by atoms with Crippen molar-refractivity contribution in [1.82, 2.24) is 15.1 Å². The van der Waals surface area contributed by atoms with Gasteiger partial charge in [-0.3, -0.25) is 9.69 Å². The van der Waals surface area contributed by atoms with Crippen LogP contribution in [0.1, 0.15) is 26.2 Å². The van der Waals surface area contributed by atoms with Crippen LogP contribution in [0.15, 0.2) is 0 Å². The Morgan fingerprint density at radius 3 is 2.38 bits per heavy atom. The highest BCUT2D eigenvalue weighted by Gasteiger charge is 2.33. The molecule has 6 nitrogen and oxygen atoms in total. The van der Waals surface area contributed by atoms with Crippen LogP contribution in [-0.2, 0) is 14.6 Å². The van der Waals surface area contributed by atoms with Gasteiger partial charge in [0.1, 0.15) is 0 Å². The maximum Gasteiger partial charge on any atom is 0.236 e. The van der Waals surface area contributed by atoms with Crippen molar-refractivity contribution in [2.75, 3.05) is 44.7 Å². The number of carbonyl (C=O) groups excluding carboxylic acids is 1. The molecule has 0 aromatic carbocycles. The molecular weight excluding hydrogens is 290 g/mol. The standard InChI is InChI=1S/C14H27N3O3S/c1-3-17(12-4-7-15-8-5-12)10-14(18)16(2)13-6-9-21(19,20)11-13/h12-13,15H,3-11H2,1-2H3. The molecule has 0 spiro atoms. The fraction of sp³-hybridized carbons (Fsp3) is 0.929. The van der Waals surface area contributed by atoms with Crippen LogP contribution in [0.3, 0.4) is 0 Å². The van der Waals surface area contributed by atoms with Crippen molar-refractivity contribution in [3.8, 4) is 0 Å². The Labute approximate surface area is 127 Å². The first-order chi connectivity index (χ1) is 9.93. The van der Waals surface area contributed by atoms with Crippen LogP contribution in [0, 0.1) is 0 Å². The minimum Gasteiger partial charge on any atom is -0.341 e. The SMILES string of the molecule is CCN(CC(=O)N(C)C1CCS(=O)(=O)C1)C1CCNCC1. The zero-order valence-electron chi connectivity index (χ0n) is 13.0. The Morgan fingerprint density at radius 2 is 1.86 bits per heavy atom. The molecule has 1 unspecified atom stereocenters. The summed E-state index contributed by atoms with van der Waals surface area (Å²) in [6.45, 7) is 5.34. The predicted octanol–water partition coefficient (Wildman–Crippen LogP) is -0.294. The smallest absolute Gasteiger partial charge is 0.236 e. The van der Waals surface area contributed by atoms with Gasteiger partial charge in [-0.15, -0.1) is 0 Å². The van der Waals surface area contributed by atoms with E-state index in [-0.39, 0.29) is 23.5 Å². The third kappa shape index (κ3) is 4.40. The summed E-state index contributed by atoms with van der Waals surface area (Å²) >= 11 is 0. The monoisotopic (exact) mass is 317 g/mol. The molecule has 2 heterocycles. The molecule has 0 aliphatic carbocycles. The van der Waals surface area contributed by atoms with Crippen molar-refractivity contribution >= 4 is 15.7 Å². The van der Waals surface area contributed by atoms with Gasteiger partial charge in [-0.25, -0.2) is 8.42 Å². The number of hydrogen-bond acceptors (Lipinski definition) is 5. The zero-order valence-corrected chi connectivity index (χ0v) is 13.9. The van der Waals surface area contributed by atoms with Gasteiger partial charge in [0.05, 0.1) is 18.1 Å². The zero-order chi connectivity index (χ0) is 15.5. The third-order valence-electron chi connectivity index (χ3n) is 4.72.